The van der Waals surface area contributed by atoms with Gasteiger partial charge in [0, 0.05) is 31.5 Å². The molecule has 0 amide bonds. The van der Waals surface area contributed by atoms with E-state index in [2.05, 4.69) is 35.8 Å². The van der Waals surface area contributed by atoms with Gasteiger partial charge in [-0.2, -0.15) is 14.5 Å². The van der Waals surface area contributed by atoms with Crippen LogP contribution >= 0.6 is 11.5 Å². The predicted molar refractivity (Wildman–Crippen MR) is 141 cm³/mol. The van der Waals surface area contributed by atoms with E-state index in [1.165, 1.54) is 56.7 Å². The highest BCUT2D eigenvalue weighted by molar-refractivity contribution is 7.10. The molecule has 1 saturated heterocycles. The molecule has 9 nitrogen and oxygen atoms in total. The second kappa shape index (κ2) is 9.58. The summed E-state index contributed by atoms with van der Waals surface area (Å²) >= 11 is 1.43. The van der Waals surface area contributed by atoms with Crippen LogP contribution in [0.25, 0.3) is 16.7 Å². The van der Waals surface area contributed by atoms with Crippen LogP contribution in [0.3, 0.4) is 0 Å². The van der Waals surface area contributed by atoms with Gasteiger partial charge < -0.3 is 20.1 Å². The van der Waals surface area contributed by atoms with Crippen molar-refractivity contribution >= 4 is 39.3 Å². The second-order valence-electron chi connectivity index (χ2n) is 9.89. The zero-order chi connectivity index (χ0) is 23.8. The molecule has 4 aromatic heterocycles. The molecule has 0 bridgehead atoms. The number of likely N-dealkylation sites (tertiary alicyclic amines) is 1. The maximum atomic E-state index is 4.96. The molecule has 0 aromatic carbocycles. The number of piperidine rings is 1. The minimum Gasteiger partial charge on any atom is -0.365 e. The van der Waals surface area contributed by atoms with E-state index in [9.17, 15) is 0 Å². The molecule has 1 saturated carbocycles. The summed E-state index contributed by atoms with van der Waals surface area (Å²) in [6, 6.07) is 5.22. The molecule has 2 N–H and O–H groups in total. The number of rotatable bonds is 6. The minimum absolute atomic E-state index is 0.407. The van der Waals surface area contributed by atoms with Crippen LogP contribution in [-0.2, 0) is 7.05 Å². The van der Waals surface area contributed by atoms with Crippen LogP contribution in [0.1, 0.15) is 50.6 Å². The van der Waals surface area contributed by atoms with Gasteiger partial charge >= 0.3 is 0 Å². The summed E-state index contributed by atoms with van der Waals surface area (Å²) in [5.41, 5.74) is 3.88. The van der Waals surface area contributed by atoms with Gasteiger partial charge in [0.1, 0.15) is 10.5 Å². The molecule has 1 aliphatic heterocycles. The lowest BCUT2D eigenvalue weighted by Crippen LogP contribution is -2.43. The Balaban J connectivity index is 1.28. The van der Waals surface area contributed by atoms with Crippen LogP contribution in [0.5, 0.6) is 0 Å². The molecule has 184 valence electrons. The van der Waals surface area contributed by atoms with Crippen molar-refractivity contribution in [2.75, 3.05) is 23.7 Å². The minimum atomic E-state index is 0.407. The molecule has 0 unspecified atom stereocenters. The van der Waals surface area contributed by atoms with Gasteiger partial charge in [-0.15, -0.1) is 0 Å². The molecule has 0 spiro atoms. The van der Waals surface area contributed by atoms with Crippen LogP contribution < -0.4 is 10.6 Å². The van der Waals surface area contributed by atoms with Crippen LogP contribution in [0.15, 0.2) is 30.7 Å². The largest absolute Gasteiger partial charge is 0.365 e. The maximum absolute atomic E-state index is 4.96. The Bertz CT molecular complexity index is 1290. The Kier molecular flexibility index (Phi) is 6.15. The summed E-state index contributed by atoms with van der Waals surface area (Å²) < 4.78 is 8.32. The first-order valence-electron chi connectivity index (χ1n) is 12.7. The molecule has 2 aliphatic rings. The topological polar surface area (TPSA) is 88.7 Å². The van der Waals surface area contributed by atoms with E-state index in [1.807, 2.05) is 43.2 Å². The molecule has 10 heteroatoms. The summed E-state index contributed by atoms with van der Waals surface area (Å²) in [7, 11) is 1.94. The van der Waals surface area contributed by atoms with Crippen LogP contribution in [0.2, 0.25) is 0 Å². The third kappa shape index (κ3) is 4.77. The van der Waals surface area contributed by atoms with Gasteiger partial charge in [-0.25, -0.2) is 4.98 Å². The molecule has 5 heterocycles. The Morgan fingerprint density at radius 2 is 1.89 bits per heavy atom. The summed E-state index contributed by atoms with van der Waals surface area (Å²) in [5, 5.41) is 12.5. The van der Waals surface area contributed by atoms with Crippen molar-refractivity contribution in [1.29, 1.82) is 0 Å². The number of aryl methyl sites for hydroxylation is 2. The van der Waals surface area contributed by atoms with E-state index in [0.29, 0.717) is 12.0 Å². The summed E-state index contributed by atoms with van der Waals surface area (Å²) in [6.07, 6.45) is 14.9. The number of nitrogens with one attached hydrogen (secondary N) is 2. The first-order valence-corrected chi connectivity index (χ1v) is 13.5. The van der Waals surface area contributed by atoms with Crippen molar-refractivity contribution in [3.63, 3.8) is 0 Å². The van der Waals surface area contributed by atoms with Crippen molar-refractivity contribution in [2.45, 2.75) is 64.0 Å². The average Bonchev–Trinajstić information content (AvgIpc) is 3.60. The number of hydrogen-bond acceptors (Lipinski definition) is 8. The SMILES string of the molecule is Cc1cc(Nc2nc(NC3CCC(N4CCCCC4)CC3)c3c(ccn3-c3cnn(C)c3)n2)sn1. The van der Waals surface area contributed by atoms with Gasteiger partial charge in [0.2, 0.25) is 5.95 Å². The highest BCUT2D eigenvalue weighted by Gasteiger charge is 2.27. The normalized spacial score (nSPS) is 21.4. The molecule has 6 rings (SSSR count). The van der Waals surface area contributed by atoms with Gasteiger partial charge in [0.05, 0.1) is 23.1 Å². The molecule has 0 atom stereocenters. The Morgan fingerprint density at radius 3 is 2.60 bits per heavy atom. The highest BCUT2D eigenvalue weighted by Crippen LogP contribution is 2.32. The van der Waals surface area contributed by atoms with E-state index >= 15 is 0 Å². The summed E-state index contributed by atoms with van der Waals surface area (Å²) in [4.78, 5) is 12.5. The fraction of sp³-hybridized carbons (Fsp3) is 0.520. The van der Waals surface area contributed by atoms with E-state index in [-0.39, 0.29) is 0 Å². The fourth-order valence-corrected chi connectivity index (χ4v) is 6.20. The number of nitrogens with zero attached hydrogens (tertiary/aromatic N) is 7. The third-order valence-electron chi connectivity index (χ3n) is 7.31. The van der Waals surface area contributed by atoms with Gasteiger partial charge in [-0.05, 0) is 82.2 Å². The van der Waals surface area contributed by atoms with Crippen molar-refractivity contribution in [2.24, 2.45) is 7.05 Å². The van der Waals surface area contributed by atoms with E-state index in [4.69, 9.17) is 9.97 Å². The number of anilines is 3. The average molecular weight is 492 g/mol. The van der Waals surface area contributed by atoms with Crippen molar-refractivity contribution in [3.05, 3.63) is 36.4 Å². The maximum Gasteiger partial charge on any atom is 0.230 e. The lowest BCUT2D eigenvalue weighted by atomic mass is 9.89. The van der Waals surface area contributed by atoms with Crippen molar-refractivity contribution < 1.29 is 0 Å². The molecular formula is C25H33N9S. The van der Waals surface area contributed by atoms with Crippen molar-refractivity contribution in [3.8, 4) is 5.69 Å². The molecular weight excluding hydrogens is 458 g/mol. The van der Waals surface area contributed by atoms with E-state index < -0.39 is 0 Å². The molecule has 35 heavy (non-hydrogen) atoms. The molecule has 0 radical (unpaired) electrons. The van der Waals surface area contributed by atoms with E-state index in [1.54, 1.807) is 0 Å². The molecule has 2 fully saturated rings. The van der Waals surface area contributed by atoms with Crippen LogP contribution in [0, 0.1) is 6.92 Å². The van der Waals surface area contributed by atoms with Gasteiger partial charge in [0.25, 0.3) is 0 Å². The zero-order valence-corrected chi connectivity index (χ0v) is 21.3. The predicted octanol–water partition coefficient (Wildman–Crippen LogP) is 4.87. The lowest BCUT2D eigenvalue weighted by Gasteiger charge is -2.39. The summed E-state index contributed by atoms with van der Waals surface area (Å²) in [6.45, 7) is 4.55. The molecule has 4 aromatic rings. The third-order valence-corrected chi connectivity index (χ3v) is 8.11. The zero-order valence-electron chi connectivity index (χ0n) is 20.4. The van der Waals surface area contributed by atoms with Gasteiger partial charge in [-0.1, -0.05) is 6.42 Å². The smallest absolute Gasteiger partial charge is 0.230 e. The summed E-state index contributed by atoms with van der Waals surface area (Å²) in [5.74, 6) is 1.46. The van der Waals surface area contributed by atoms with Gasteiger partial charge in [0.15, 0.2) is 5.82 Å². The monoisotopic (exact) mass is 491 g/mol. The standard InChI is InChI=1S/C25H33N9S/c1-17-14-22(35-31-17)29-25-28-21-10-13-34(20-15-26-32(2)16-20)23(21)24(30-25)27-18-6-8-19(9-7-18)33-11-4-3-5-12-33/h10,13-16,18-19H,3-9,11-12H2,1-2H3,(H2,27,28,29,30). The fourth-order valence-electron chi connectivity index (χ4n) is 5.54. The van der Waals surface area contributed by atoms with Crippen LogP contribution in [0.4, 0.5) is 16.8 Å². The second-order valence-corrected chi connectivity index (χ2v) is 10.7. The number of fused-ring (bicyclic) bond motifs is 1. The quantitative estimate of drug-likeness (QED) is 0.398. The highest BCUT2D eigenvalue weighted by atomic mass is 32.1. The molecule has 1 aliphatic carbocycles. The van der Waals surface area contributed by atoms with E-state index in [0.717, 1.165) is 52.1 Å². The first-order chi connectivity index (χ1) is 17.1. The van der Waals surface area contributed by atoms with Crippen LogP contribution in [-0.4, -0.2) is 58.8 Å². The number of aromatic nitrogens is 6. The lowest BCUT2D eigenvalue weighted by molar-refractivity contribution is 0.127. The number of hydrogen-bond donors (Lipinski definition) is 2. The Morgan fingerprint density at radius 1 is 1.06 bits per heavy atom. The Hall–Kier alpha value is -2.98. The van der Waals surface area contributed by atoms with Gasteiger partial charge in [-0.3, -0.25) is 4.68 Å². The first kappa shape index (κ1) is 22.5. The van der Waals surface area contributed by atoms with Crippen molar-refractivity contribution in [1.82, 2.24) is 33.6 Å². The Labute approximate surface area is 209 Å².